The summed E-state index contributed by atoms with van der Waals surface area (Å²) in [5.74, 6) is -0.280. The largest absolute Gasteiger partial charge is 0.431 e. The molecule has 0 radical (unpaired) electrons. The minimum absolute atomic E-state index is 0.280. The van der Waals surface area contributed by atoms with Crippen molar-refractivity contribution in [2.24, 2.45) is 0 Å². The number of allylic oxidation sites excluding steroid dienone is 1. The van der Waals surface area contributed by atoms with Crippen molar-refractivity contribution in [1.82, 2.24) is 0 Å². The van der Waals surface area contributed by atoms with Crippen LogP contribution < -0.4 is 0 Å². The quantitative estimate of drug-likeness (QED) is 0.437. The van der Waals surface area contributed by atoms with E-state index >= 15 is 0 Å². The van der Waals surface area contributed by atoms with Crippen LogP contribution in [0.4, 0.5) is 0 Å². The van der Waals surface area contributed by atoms with Crippen molar-refractivity contribution in [3.8, 4) is 0 Å². The molecule has 0 aromatic heterocycles. The molecule has 0 saturated carbocycles. The highest BCUT2D eigenvalue weighted by Crippen LogP contribution is 2.05. The Kier molecular flexibility index (Phi) is 5.06. The van der Waals surface area contributed by atoms with E-state index in [1.165, 1.54) is 6.26 Å². The fourth-order valence-electron chi connectivity index (χ4n) is 1.28. The third-order valence-electron chi connectivity index (χ3n) is 2.23. The highest BCUT2D eigenvalue weighted by atomic mass is 16.5. The van der Waals surface area contributed by atoms with E-state index in [0.29, 0.717) is 12.0 Å². The third-order valence-corrected chi connectivity index (χ3v) is 2.23. The van der Waals surface area contributed by atoms with Gasteiger partial charge in [0, 0.05) is 5.57 Å². The van der Waals surface area contributed by atoms with E-state index in [1.54, 1.807) is 12.2 Å². The SMILES string of the molecule is C/C=C(\CC)C(=O)OC=Cc1ccccc1. The number of hydrogen-bond donors (Lipinski definition) is 0. The average molecular weight is 216 g/mol. The number of esters is 1. The zero-order valence-electron chi connectivity index (χ0n) is 9.64. The Hall–Kier alpha value is -1.83. The van der Waals surface area contributed by atoms with E-state index < -0.39 is 0 Å². The monoisotopic (exact) mass is 216 g/mol. The fourth-order valence-corrected chi connectivity index (χ4v) is 1.28. The highest BCUT2D eigenvalue weighted by molar-refractivity contribution is 5.88. The molecule has 0 aliphatic carbocycles. The molecule has 0 atom stereocenters. The Bertz CT molecular complexity index is 388. The van der Waals surface area contributed by atoms with Crippen LogP contribution in [0.3, 0.4) is 0 Å². The first-order valence-corrected chi connectivity index (χ1v) is 5.35. The number of carbonyl (C=O) groups is 1. The summed E-state index contributed by atoms with van der Waals surface area (Å²) in [7, 11) is 0. The van der Waals surface area contributed by atoms with Crippen molar-refractivity contribution in [2.75, 3.05) is 0 Å². The van der Waals surface area contributed by atoms with Crippen molar-refractivity contribution < 1.29 is 9.53 Å². The lowest BCUT2D eigenvalue weighted by atomic mass is 10.2. The fraction of sp³-hybridized carbons (Fsp3) is 0.214. The molecule has 0 unspecified atom stereocenters. The zero-order valence-corrected chi connectivity index (χ0v) is 9.64. The first-order valence-electron chi connectivity index (χ1n) is 5.35. The minimum Gasteiger partial charge on any atom is -0.431 e. The van der Waals surface area contributed by atoms with Crippen LogP contribution in [0.15, 0.2) is 48.2 Å². The number of rotatable bonds is 4. The molecule has 1 aromatic carbocycles. The molecular formula is C14H16O2. The van der Waals surface area contributed by atoms with E-state index in [0.717, 1.165) is 5.56 Å². The molecule has 1 rings (SSSR count). The van der Waals surface area contributed by atoms with Crippen LogP contribution in [0.25, 0.3) is 6.08 Å². The number of benzene rings is 1. The van der Waals surface area contributed by atoms with Crippen LogP contribution in [0.1, 0.15) is 25.8 Å². The first-order chi connectivity index (χ1) is 7.77. The Morgan fingerprint density at radius 1 is 1.31 bits per heavy atom. The van der Waals surface area contributed by atoms with Gasteiger partial charge in [0.1, 0.15) is 0 Å². The van der Waals surface area contributed by atoms with E-state index in [1.807, 2.05) is 44.2 Å². The molecule has 0 saturated heterocycles. The van der Waals surface area contributed by atoms with Crippen LogP contribution in [-0.2, 0) is 9.53 Å². The van der Waals surface area contributed by atoms with Gasteiger partial charge in [-0.15, -0.1) is 0 Å². The molecule has 0 bridgehead atoms. The lowest BCUT2D eigenvalue weighted by molar-refractivity contribution is -0.133. The summed E-state index contributed by atoms with van der Waals surface area (Å²) in [6.07, 6.45) is 5.66. The van der Waals surface area contributed by atoms with Crippen molar-refractivity contribution in [3.05, 3.63) is 53.8 Å². The molecule has 0 N–H and O–H groups in total. The van der Waals surface area contributed by atoms with Crippen LogP contribution >= 0.6 is 0 Å². The second-order valence-corrected chi connectivity index (χ2v) is 3.29. The summed E-state index contributed by atoms with van der Waals surface area (Å²) in [6.45, 7) is 3.76. The maximum absolute atomic E-state index is 11.5. The molecule has 0 fully saturated rings. The number of hydrogen-bond acceptors (Lipinski definition) is 2. The molecule has 16 heavy (non-hydrogen) atoms. The summed E-state index contributed by atoms with van der Waals surface area (Å²) < 4.78 is 5.00. The number of carbonyl (C=O) groups excluding carboxylic acids is 1. The second-order valence-electron chi connectivity index (χ2n) is 3.29. The predicted molar refractivity (Wildman–Crippen MR) is 65.6 cm³/mol. The van der Waals surface area contributed by atoms with Gasteiger partial charge in [-0.2, -0.15) is 0 Å². The van der Waals surface area contributed by atoms with Gasteiger partial charge in [-0.25, -0.2) is 4.79 Å². The predicted octanol–water partition coefficient (Wildman–Crippen LogP) is 3.56. The zero-order chi connectivity index (χ0) is 11.8. The van der Waals surface area contributed by atoms with E-state index in [4.69, 9.17) is 4.74 Å². The van der Waals surface area contributed by atoms with Crippen LogP contribution in [0.5, 0.6) is 0 Å². The van der Waals surface area contributed by atoms with Crippen LogP contribution in [0, 0.1) is 0 Å². The van der Waals surface area contributed by atoms with Crippen LogP contribution in [0.2, 0.25) is 0 Å². The summed E-state index contributed by atoms with van der Waals surface area (Å²) >= 11 is 0. The topological polar surface area (TPSA) is 26.3 Å². The van der Waals surface area contributed by atoms with E-state index in [-0.39, 0.29) is 5.97 Å². The van der Waals surface area contributed by atoms with Crippen molar-refractivity contribution in [1.29, 1.82) is 0 Å². The highest BCUT2D eigenvalue weighted by Gasteiger charge is 2.05. The Morgan fingerprint density at radius 3 is 2.56 bits per heavy atom. The first kappa shape index (κ1) is 12.2. The summed E-state index contributed by atoms with van der Waals surface area (Å²) in [5.41, 5.74) is 1.70. The normalized spacial score (nSPS) is 11.8. The molecule has 84 valence electrons. The van der Waals surface area contributed by atoms with Gasteiger partial charge >= 0.3 is 5.97 Å². The second kappa shape index (κ2) is 6.62. The Morgan fingerprint density at radius 2 is 2.00 bits per heavy atom. The Balaban J connectivity index is 2.52. The van der Waals surface area contributed by atoms with Crippen molar-refractivity contribution >= 4 is 12.0 Å². The third kappa shape index (κ3) is 3.73. The van der Waals surface area contributed by atoms with Gasteiger partial charge in [-0.05, 0) is 25.0 Å². The molecule has 0 aliphatic rings. The molecule has 2 nitrogen and oxygen atoms in total. The minimum atomic E-state index is -0.280. The molecule has 0 aliphatic heterocycles. The van der Waals surface area contributed by atoms with E-state index in [2.05, 4.69) is 0 Å². The van der Waals surface area contributed by atoms with Gasteiger partial charge in [0.15, 0.2) is 0 Å². The maximum Gasteiger partial charge on any atom is 0.338 e. The average Bonchev–Trinajstić information content (AvgIpc) is 2.32. The summed E-state index contributed by atoms with van der Waals surface area (Å²) in [6, 6.07) is 9.70. The summed E-state index contributed by atoms with van der Waals surface area (Å²) in [4.78, 5) is 11.5. The van der Waals surface area contributed by atoms with Crippen molar-refractivity contribution in [2.45, 2.75) is 20.3 Å². The lowest BCUT2D eigenvalue weighted by Gasteiger charge is -2.00. The van der Waals surface area contributed by atoms with Gasteiger partial charge in [0.25, 0.3) is 0 Å². The van der Waals surface area contributed by atoms with Crippen LogP contribution in [-0.4, -0.2) is 5.97 Å². The van der Waals surface area contributed by atoms with Gasteiger partial charge < -0.3 is 4.74 Å². The molecular weight excluding hydrogens is 200 g/mol. The van der Waals surface area contributed by atoms with Gasteiger partial charge in [-0.3, -0.25) is 0 Å². The van der Waals surface area contributed by atoms with Gasteiger partial charge in [-0.1, -0.05) is 43.3 Å². The molecule has 0 amide bonds. The maximum atomic E-state index is 11.5. The summed E-state index contributed by atoms with van der Waals surface area (Å²) in [5, 5.41) is 0. The Labute approximate surface area is 96.2 Å². The lowest BCUT2D eigenvalue weighted by Crippen LogP contribution is -2.02. The smallest absolute Gasteiger partial charge is 0.338 e. The standard InChI is InChI=1S/C14H16O2/c1-3-13(4-2)14(15)16-11-10-12-8-6-5-7-9-12/h3,5-11H,4H2,1-2H3/b11-10?,13-3+. The molecule has 0 heterocycles. The number of ether oxygens (including phenoxy) is 1. The molecule has 2 heteroatoms. The van der Waals surface area contributed by atoms with Gasteiger partial charge in [0.05, 0.1) is 6.26 Å². The van der Waals surface area contributed by atoms with Crippen molar-refractivity contribution in [3.63, 3.8) is 0 Å². The van der Waals surface area contributed by atoms with E-state index in [9.17, 15) is 4.79 Å². The molecule has 0 spiro atoms. The van der Waals surface area contributed by atoms with Gasteiger partial charge in [0.2, 0.25) is 0 Å². The molecule has 1 aromatic rings.